The number of carbonyl (C=O) groups is 2. The van der Waals surface area contributed by atoms with E-state index in [4.69, 9.17) is 10.2 Å². The Morgan fingerprint density at radius 2 is 1.54 bits per heavy atom. The zero-order valence-corrected chi connectivity index (χ0v) is 15.4. The van der Waals surface area contributed by atoms with Crippen molar-refractivity contribution < 1.29 is 34.8 Å². The third kappa shape index (κ3) is 12.9. The van der Waals surface area contributed by atoms with Gasteiger partial charge in [0.05, 0.1) is 6.61 Å². The first-order chi connectivity index (χ1) is 12.0. The lowest BCUT2D eigenvalue weighted by molar-refractivity contribution is -0.171. The maximum Gasteiger partial charge on any atom is 0.333 e. The highest BCUT2D eigenvalue weighted by molar-refractivity contribution is 5.86. The highest BCUT2D eigenvalue weighted by Crippen LogP contribution is 2.20. The summed E-state index contributed by atoms with van der Waals surface area (Å²) in [5.74, 6) is -3.06. The number of rotatable bonds is 6. The van der Waals surface area contributed by atoms with Crippen LogP contribution >= 0.6 is 0 Å². The summed E-state index contributed by atoms with van der Waals surface area (Å²) in [5, 5.41) is 34.8. The zero-order valence-electron chi connectivity index (χ0n) is 15.4. The standard InChI is InChI=1S/C9H12O2.C6H10O3.C4H6O2/c1-2-9(10,11)8-6-4-3-5-7-8;1-5(2)6(8)9-4-3-7;1-3(2)4(5)6/h3-7,10-11H,2H2,1H3;7H,1,3-4H2,2H3;1H2,2H3,(H,5,6). The summed E-state index contributed by atoms with van der Waals surface area (Å²) < 4.78 is 4.46. The summed E-state index contributed by atoms with van der Waals surface area (Å²) in [6, 6.07) is 8.81. The van der Waals surface area contributed by atoms with Crippen LogP contribution in [0.2, 0.25) is 0 Å². The maximum absolute atomic E-state index is 10.5. The second-order valence-electron chi connectivity index (χ2n) is 5.26. The molecule has 0 aromatic heterocycles. The van der Waals surface area contributed by atoms with E-state index in [-0.39, 0.29) is 18.8 Å². The normalized spacial score (nSPS) is 9.62. The molecule has 0 bridgehead atoms. The van der Waals surface area contributed by atoms with Crippen molar-refractivity contribution in [3.8, 4) is 0 Å². The number of hydrogen-bond donors (Lipinski definition) is 4. The van der Waals surface area contributed by atoms with E-state index in [1.54, 1.807) is 38.1 Å². The first-order valence-electron chi connectivity index (χ1n) is 7.82. The van der Waals surface area contributed by atoms with Crippen molar-refractivity contribution in [1.82, 2.24) is 0 Å². The smallest absolute Gasteiger partial charge is 0.333 e. The number of carboxylic acid groups (broad SMARTS) is 1. The molecule has 1 aromatic rings. The molecule has 0 aliphatic heterocycles. The largest absolute Gasteiger partial charge is 0.478 e. The fraction of sp³-hybridized carbons (Fsp3) is 0.368. The number of hydrogen-bond acceptors (Lipinski definition) is 6. The van der Waals surface area contributed by atoms with E-state index in [2.05, 4.69) is 17.9 Å². The van der Waals surface area contributed by atoms with Gasteiger partial charge in [-0.25, -0.2) is 9.59 Å². The van der Waals surface area contributed by atoms with E-state index < -0.39 is 17.7 Å². The Kier molecular flexibility index (Phi) is 13.6. The van der Waals surface area contributed by atoms with Gasteiger partial charge in [0, 0.05) is 23.1 Å². The first kappa shape index (κ1) is 25.8. The molecule has 0 radical (unpaired) electrons. The molecule has 0 saturated heterocycles. The highest BCUT2D eigenvalue weighted by atomic mass is 16.5. The van der Waals surface area contributed by atoms with Gasteiger partial charge in [0.25, 0.3) is 0 Å². The molecule has 4 N–H and O–H groups in total. The molecular formula is C19H28O7. The number of aliphatic hydroxyl groups excluding tert-OH is 1. The molecule has 0 saturated carbocycles. The van der Waals surface area contributed by atoms with E-state index in [1.807, 2.05) is 6.07 Å². The van der Waals surface area contributed by atoms with Crippen LogP contribution in [0.5, 0.6) is 0 Å². The molecule has 0 fully saturated rings. The summed E-state index contributed by atoms with van der Waals surface area (Å²) in [7, 11) is 0. The molecule has 0 amide bonds. The Labute approximate surface area is 153 Å². The molecule has 146 valence electrons. The van der Waals surface area contributed by atoms with Crippen LogP contribution in [-0.2, 0) is 20.1 Å². The molecule has 26 heavy (non-hydrogen) atoms. The molecule has 0 spiro atoms. The lowest BCUT2D eigenvalue weighted by Crippen LogP contribution is -2.23. The average molecular weight is 368 g/mol. The van der Waals surface area contributed by atoms with Crippen molar-refractivity contribution in [3.63, 3.8) is 0 Å². The van der Waals surface area contributed by atoms with Crippen LogP contribution in [0, 0.1) is 0 Å². The number of ether oxygens (including phenoxy) is 1. The van der Waals surface area contributed by atoms with Gasteiger partial charge in [0.2, 0.25) is 0 Å². The Morgan fingerprint density at radius 3 is 1.85 bits per heavy atom. The van der Waals surface area contributed by atoms with E-state index in [0.29, 0.717) is 17.6 Å². The van der Waals surface area contributed by atoms with Crippen LogP contribution < -0.4 is 0 Å². The van der Waals surface area contributed by atoms with Gasteiger partial charge in [-0.2, -0.15) is 0 Å². The average Bonchev–Trinajstić information content (AvgIpc) is 2.61. The van der Waals surface area contributed by atoms with Gasteiger partial charge >= 0.3 is 11.9 Å². The van der Waals surface area contributed by atoms with Crippen LogP contribution in [0.3, 0.4) is 0 Å². The molecular weight excluding hydrogens is 340 g/mol. The lowest BCUT2D eigenvalue weighted by atomic mass is 10.0. The van der Waals surface area contributed by atoms with Gasteiger partial charge in [-0.15, -0.1) is 0 Å². The van der Waals surface area contributed by atoms with Crippen molar-refractivity contribution in [3.05, 3.63) is 60.2 Å². The van der Waals surface area contributed by atoms with Gasteiger partial charge in [-0.1, -0.05) is 50.4 Å². The molecule has 7 nitrogen and oxygen atoms in total. The van der Waals surface area contributed by atoms with E-state index in [0.717, 1.165) is 0 Å². The minimum Gasteiger partial charge on any atom is -0.478 e. The van der Waals surface area contributed by atoms with Crippen LogP contribution in [0.25, 0.3) is 0 Å². The fourth-order valence-corrected chi connectivity index (χ4v) is 1.17. The van der Waals surface area contributed by atoms with Crippen LogP contribution in [0.4, 0.5) is 0 Å². The van der Waals surface area contributed by atoms with Gasteiger partial charge in [-0.05, 0) is 13.8 Å². The van der Waals surface area contributed by atoms with E-state index >= 15 is 0 Å². The summed E-state index contributed by atoms with van der Waals surface area (Å²) in [6.07, 6.45) is 0.303. The molecule has 1 rings (SSSR count). The summed E-state index contributed by atoms with van der Waals surface area (Å²) in [5.41, 5.74) is 1.07. The third-order valence-electron chi connectivity index (χ3n) is 2.77. The number of aliphatic hydroxyl groups is 3. The van der Waals surface area contributed by atoms with Crippen molar-refractivity contribution in [2.45, 2.75) is 33.0 Å². The number of esters is 1. The molecule has 0 aliphatic rings. The molecule has 0 atom stereocenters. The minimum absolute atomic E-state index is 0.0473. The van der Waals surface area contributed by atoms with Crippen molar-refractivity contribution >= 4 is 11.9 Å². The fourth-order valence-electron chi connectivity index (χ4n) is 1.17. The SMILES string of the molecule is C=C(C)C(=O)O.C=C(C)C(=O)OCCO.CCC(O)(O)c1ccccc1. The second kappa shape index (κ2) is 13.8. The number of carbonyl (C=O) groups excluding carboxylic acids is 1. The van der Waals surface area contributed by atoms with Crippen molar-refractivity contribution in [2.75, 3.05) is 13.2 Å². The Morgan fingerprint density at radius 1 is 1.08 bits per heavy atom. The third-order valence-corrected chi connectivity index (χ3v) is 2.77. The number of aliphatic carboxylic acids is 1. The van der Waals surface area contributed by atoms with Crippen LogP contribution in [0.15, 0.2) is 54.6 Å². The zero-order chi connectivity index (χ0) is 20.8. The van der Waals surface area contributed by atoms with Gasteiger partial charge < -0.3 is 25.2 Å². The van der Waals surface area contributed by atoms with E-state index in [9.17, 15) is 19.8 Å². The monoisotopic (exact) mass is 368 g/mol. The summed E-state index contributed by atoms with van der Waals surface area (Å²) in [4.78, 5) is 20.1. The molecule has 0 heterocycles. The molecule has 7 heteroatoms. The number of carboxylic acids is 1. The van der Waals surface area contributed by atoms with Gasteiger partial charge in [0.15, 0.2) is 5.79 Å². The lowest BCUT2D eigenvalue weighted by Gasteiger charge is -2.19. The van der Waals surface area contributed by atoms with Gasteiger partial charge in [0.1, 0.15) is 6.61 Å². The topological polar surface area (TPSA) is 124 Å². The quantitative estimate of drug-likeness (QED) is 0.344. The Bertz CT molecular complexity index is 565. The Hall–Kier alpha value is -2.48. The predicted octanol–water partition coefficient (Wildman–Crippen LogP) is 1.98. The van der Waals surface area contributed by atoms with Gasteiger partial charge in [-0.3, -0.25) is 0 Å². The van der Waals surface area contributed by atoms with Crippen molar-refractivity contribution in [2.24, 2.45) is 0 Å². The maximum atomic E-state index is 10.5. The van der Waals surface area contributed by atoms with E-state index in [1.165, 1.54) is 6.92 Å². The first-order valence-corrected chi connectivity index (χ1v) is 7.82. The molecule has 0 aliphatic carbocycles. The Balaban J connectivity index is 0. The number of benzene rings is 1. The summed E-state index contributed by atoms with van der Waals surface area (Å²) >= 11 is 0. The molecule has 0 unspecified atom stereocenters. The summed E-state index contributed by atoms with van der Waals surface area (Å²) in [6.45, 7) is 11.1. The van der Waals surface area contributed by atoms with Crippen molar-refractivity contribution in [1.29, 1.82) is 0 Å². The predicted molar refractivity (Wildman–Crippen MR) is 98.2 cm³/mol. The van der Waals surface area contributed by atoms with Crippen LogP contribution in [-0.4, -0.2) is 45.6 Å². The minimum atomic E-state index is -1.67. The van der Waals surface area contributed by atoms with Crippen LogP contribution in [0.1, 0.15) is 32.8 Å². The highest BCUT2D eigenvalue weighted by Gasteiger charge is 2.21. The molecule has 1 aromatic carbocycles. The second-order valence-corrected chi connectivity index (χ2v) is 5.26.